The highest BCUT2D eigenvalue weighted by Crippen LogP contribution is 2.38. The first kappa shape index (κ1) is 16.2. The second-order valence-electron chi connectivity index (χ2n) is 5.47. The van der Waals surface area contributed by atoms with Crippen LogP contribution in [0.2, 0.25) is 0 Å². The second-order valence-corrected chi connectivity index (χ2v) is 6.61. The van der Waals surface area contributed by atoms with E-state index in [2.05, 4.69) is 61.3 Å². The molecular formula is C18H26N2S. The van der Waals surface area contributed by atoms with Crippen molar-refractivity contribution in [3.63, 3.8) is 0 Å². The van der Waals surface area contributed by atoms with E-state index in [1.165, 1.54) is 26.6 Å². The van der Waals surface area contributed by atoms with Gasteiger partial charge in [0.05, 0.1) is 0 Å². The molecule has 0 amide bonds. The number of aryl methyl sites for hydroxylation is 2. The summed E-state index contributed by atoms with van der Waals surface area (Å²) in [6.07, 6.45) is 5.62. The first-order valence-electron chi connectivity index (χ1n) is 7.70. The number of likely N-dealkylation sites (N-methyl/N-ethyl adjacent to an activating group) is 2. The summed E-state index contributed by atoms with van der Waals surface area (Å²) < 4.78 is 0. The SMILES string of the molecule is CCN(CCNC)C1=C(Sc2ccc(C)cc2C)CC=C1. The lowest BCUT2D eigenvalue weighted by atomic mass is 10.2. The minimum atomic E-state index is 1.02. The van der Waals surface area contributed by atoms with Gasteiger partial charge in [0.2, 0.25) is 0 Å². The molecule has 0 bridgehead atoms. The zero-order valence-electron chi connectivity index (χ0n) is 13.6. The van der Waals surface area contributed by atoms with Crippen molar-refractivity contribution in [2.24, 2.45) is 0 Å². The van der Waals surface area contributed by atoms with E-state index in [-0.39, 0.29) is 0 Å². The van der Waals surface area contributed by atoms with Gasteiger partial charge in [-0.25, -0.2) is 0 Å². The standard InChI is InChI=1S/C18H26N2S/c1-5-20(12-11-19-4)16-7-6-8-18(16)21-17-10-9-14(2)13-15(17)3/h6-7,9-10,13,19H,5,8,11-12H2,1-4H3. The summed E-state index contributed by atoms with van der Waals surface area (Å²) in [4.78, 5) is 5.31. The van der Waals surface area contributed by atoms with E-state index in [0.717, 1.165) is 26.1 Å². The largest absolute Gasteiger partial charge is 0.370 e. The number of benzene rings is 1. The highest BCUT2D eigenvalue weighted by molar-refractivity contribution is 8.03. The van der Waals surface area contributed by atoms with E-state index < -0.39 is 0 Å². The monoisotopic (exact) mass is 302 g/mol. The minimum absolute atomic E-state index is 1.02. The van der Waals surface area contributed by atoms with Crippen molar-refractivity contribution in [1.29, 1.82) is 0 Å². The molecule has 1 aromatic carbocycles. The van der Waals surface area contributed by atoms with Gasteiger partial charge in [-0.3, -0.25) is 0 Å². The van der Waals surface area contributed by atoms with Crippen molar-refractivity contribution in [1.82, 2.24) is 10.2 Å². The lowest BCUT2D eigenvalue weighted by Gasteiger charge is -2.25. The maximum Gasteiger partial charge on any atom is 0.0466 e. The molecule has 1 aliphatic carbocycles. The smallest absolute Gasteiger partial charge is 0.0466 e. The van der Waals surface area contributed by atoms with Gasteiger partial charge in [-0.1, -0.05) is 35.5 Å². The topological polar surface area (TPSA) is 15.3 Å². The van der Waals surface area contributed by atoms with Crippen LogP contribution in [0.1, 0.15) is 24.5 Å². The van der Waals surface area contributed by atoms with Gasteiger partial charge in [0.1, 0.15) is 0 Å². The normalized spacial score (nSPS) is 14.1. The molecule has 2 rings (SSSR count). The molecule has 0 unspecified atom stereocenters. The fraction of sp³-hybridized carbons (Fsp3) is 0.444. The molecule has 0 fully saturated rings. The quantitative estimate of drug-likeness (QED) is 0.816. The van der Waals surface area contributed by atoms with Crippen molar-refractivity contribution in [3.8, 4) is 0 Å². The maximum absolute atomic E-state index is 3.24. The van der Waals surface area contributed by atoms with Crippen LogP contribution in [-0.4, -0.2) is 31.6 Å². The molecule has 0 saturated heterocycles. The number of nitrogens with one attached hydrogen (secondary N) is 1. The first-order valence-corrected chi connectivity index (χ1v) is 8.51. The Morgan fingerprint density at radius 3 is 2.76 bits per heavy atom. The summed E-state index contributed by atoms with van der Waals surface area (Å²) in [5.74, 6) is 0. The zero-order valence-corrected chi connectivity index (χ0v) is 14.4. The Bertz CT molecular complexity index is 546. The summed E-state index contributed by atoms with van der Waals surface area (Å²) in [6, 6.07) is 6.72. The van der Waals surface area contributed by atoms with E-state index in [9.17, 15) is 0 Å². The molecule has 1 aromatic rings. The third kappa shape index (κ3) is 4.14. The van der Waals surface area contributed by atoms with Crippen molar-refractivity contribution >= 4 is 11.8 Å². The molecule has 0 aromatic heterocycles. The summed E-state index contributed by atoms with van der Waals surface area (Å²) in [5, 5.41) is 3.24. The van der Waals surface area contributed by atoms with Gasteiger partial charge >= 0.3 is 0 Å². The average Bonchev–Trinajstić information content (AvgIpc) is 2.91. The van der Waals surface area contributed by atoms with Crippen molar-refractivity contribution in [3.05, 3.63) is 52.1 Å². The van der Waals surface area contributed by atoms with Crippen molar-refractivity contribution < 1.29 is 0 Å². The number of rotatable bonds is 7. The zero-order chi connectivity index (χ0) is 15.2. The lowest BCUT2D eigenvalue weighted by Crippen LogP contribution is -2.29. The first-order chi connectivity index (χ1) is 10.2. The van der Waals surface area contributed by atoms with Crippen LogP contribution in [0.15, 0.2) is 45.8 Å². The van der Waals surface area contributed by atoms with Crippen LogP contribution >= 0.6 is 11.8 Å². The summed E-state index contributed by atoms with van der Waals surface area (Å²) in [5.41, 5.74) is 4.11. The molecule has 2 nitrogen and oxygen atoms in total. The average molecular weight is 302 g/mol. The molecule has 1 aliphatic rings. The predicted molar refractivity (Wildman–Crippen MR) is 93.7 cm³/mol. The van der Waals surface area contributed by atoms with E-state index in [1.807, 2.05) is 18.8 Å². The fourth-order valence-corrected chi connectivity index (χ4v) is 3.70. The predicted octanol–water partition coefficient (Wildman–Crippen LogP) is 4.11. The number of hydrogen-bond donors (Lipinski definition) is 1. The third-order valence-corrected chi connectivity index (χ3v) is 5.08. The number of nitrogens with zero attached hydrogens (tertiary/aromatic N) is 1. The molecule has 0 aliphatic heterocycles. The van der Waals surface area contributed by atoms with Crippen LogP contribution < -0.4 is 5.32 Å². The number of thioether (sulfide) groups is 1. The lowest BCUT2D eigenvalue weighted by molar-refractivity contribution is 0.373. The Labute approximate surface area is 133 Å². The van der Waals surface area contributed by atoms with Gasteiger partial charge in [-0.15, -0.1) is 0 Å². The van der Waals surface area contributed by atoms with E-state index in [4.69, 9.17) is 0 Å². The van der Waals surface area contributed by atoms with E-state index >= 15 is 0 Å². The van der Waals surface area contributed by atoms with Gasteiger partial charge in [-0.2, -0.15) is 0 Å². The summed E-state index contributed by atoms with van der Waals surface area (Å²) >= 11 is 1.93. The van der Waals surface area contributed by atoms with Gasteiger partial charge in [0.15, 0.2) is 0 Å². The molecule has 0 saturated carbocycles. The van der Waals surface area contributed by atoms with Crippen molar-refractivity contribution in [2.75, 3.05) is 26.7 Å². The Balaban J connectivity index is 2.18. The summed E-state index contributed by atoms with van der Waals surface area (Å²) in [6.45, 7) is 9.72. The molecule has 0 heterocycles. The van der Waals surface area contributed by atoms with Crippen LogP contribution in [0.5, 0.6) is 0 Å². The van der Waals surface area contributed by atoms with Gasteiger partial charge in [0.25, 0.3) is 0 Å². The molecule has 0 atom stereocenters. The Morgan fingerprint density at radius 2 is 2.10 bits per heavy atom. The van der Waals surface area contributed by atoms with E-state index in [1.54, 1.807) is 0 Å². The fourth-order valence-electron chi connectivity index (χ4n) is 2.59. The number of allylic oxidation sites excluding steroid dienone is 3. The Hall–Kier alpha value is -1.19. The van der Waals surface area contributed by atoms with Gasteiger partial charge in [0, 0.05) is 35.1 Å². The summed E-state index contributed by atoms with van der Waals surface area (Å²) in [7, 11) is 2.01. The van der Waals surface area contributed by atoms with Crippen LogP contribution in [0.4, 0.5) is 0 Å². The van der Waals surface area contributed by atoms with Crippen LogP contribution in [0.25, 0.3) is 0 Å². The molecule has 114 valence electrons. The molecule has 0 spiro atoms. The third-order valence-electron chi connectivity index (χ3n) is 3.78. The molecule has 3 heteroatoms. The highest BCUT2D eigenvalue weighted by Gasteiger charge is 2.16. The molecule has 21 heavy (non-hydrogen) atoms. The minimum Gasteiger partial charge on any atom is -0.370 e. The Morgan fingerprint density at radius 1 is 1.29 bits per heavy atom. The van der Waals surface area contributed by atoms with Gasteiger partial charge in [-0.05, 0) is 51.9 Å². The van der Waals surface area contributed by atoms with E-state index in [0.29, 0.717) is 0 Å². The Kier molecular flexibility index (Phi) is 5.95. The second kappa shape index (κ2) is 7.71. The highest BCUT2D eigenvalue weighted by atomic mass is 32.2. The van der Waals surface area contributed by atoms with Crippen LogP contribution in [0.3, 0.4) is 0 Å². The molecular weight excluding hydrogens is 276 g/mol. The van der Waals surface area contributed by atoms with Crippen LogP contribution in [0, 0.1) is 13.8 Å². The van der Waals surface area contributed by atoms with Gasteiger partial charge < -0.3 is 10.2 Å². The van der Waals surface area contributed by atoms with Crippen molar-refractivity contribution in [2.45, 2.75) is 32.1 Å². The molecule has 1 N–H and O–H groups in total. The van der Waals surface area contributed by atoms with Crippen LogP contribution in [-0.2, 0) is 0 Å². The maximum atomic E-state index is 3.24. The molecule has 0 radical (unpaired) electrons. The number of hydrogen-bond acceptors (Lipinski definition) is 3.